The van der Waals surface area contributed by atoms with E-state index in [-0.39, 0.29) is 5.92 Å². The number of nitrogens with zero attached hydrogens (tertiary/aromatic N) is 3. The van der Waals surface area contributed by atoms with Crippen molar-refractivity contribution in [2.24, 2.45) is 0 Å². The van der Waals surface area contributed by atoms with Crippen LogP contribution in [0, 0.1) is 6.92 Å². The summed E-state index contributed by atoms with van der Waals surface area (Å²) in [6, 6.07) is 3.82. The van der Waals surface area contributed by atoms with Crippen LogP contribution in [0.5, 0.6) is 0 Å². The average molecular weight is 260 g/mol. The second-order valence-electron chi connectivity index (χ2n) is 5.01. The van der Waals surface area contributed by atoms with Gasteiger partial charge in [0.1, 0.15) is 23.2 Å². The molecule has 2 aromatic heterocycles. The Kier molecular flexibility index (Phi) is 3.74. The molecule has 0 aliphatic carbocycles. The van der Waals surface area contributed by atoms with Gasteiger partial charge in [0.05, 0.1) is 12.8 Å². The van der Waals surface area contributed by atoms with Crippen LogP contribution in [0.3, 0.4) is 0 Å². The van der Waals surface area contributed by atoms with Gasteiger partial charge >= 0.3 is 0 Å². The quantitative estimate of drug-likeness (QED) is 0.915. The van der Waals surface area contributed by atoms with E-state index < -0.39 is 0 Å². The lowest BCUT2D eigenvalue weighted by Crippen LogP contribution is -2.20. The maximum Gasteiger partial charge on any atom is 0.137 e. The minimum atomic E-state index is 0.249. The van der Waals surface area contributed by atoms with Crippen LogP contribution in [0.15, 0.2) is 22.8 Å². The molecule has 0 aliphatic rings. The van der Waals surface area contributed by atoms with Crippen LogP contribution in [-0.2, 0) is 6.54 Å². The van der Waals surface area contributed by atoms with Crippen LogP contribution in [0.1, 0.15) is 36.9 Å². The van der Waals surface area contributed by atoms with Crippen LogP contribution < -0.4 is 10.6 Å². The summed E-state index contributed by atoms with van der Waals surface area (Å²) in [6.07, 6.45) is 1.67. The summed E-state index contributed by atoms with van der Waals surface area (Å²) in [5.74, 6) is 3.31. The van der Waals surface area contributed by atoms with Crippen molar-refractivity contribution in [1.29, 1.82) is 0 Å². The predicted molar refractivity (Wildman–Crippen MR) is 76.1 cm³/mol. The molecule has 0 fully saturated rings. The molecule has 0 aromatic carbocycles. The maximum atomic E-state index is 5.97. The third kappa shape index (κ3) is 2.86. The van der Waals surface area contributed by atoms with Crippen molar-refractivity contribution in [3.05, 3.63) is 35.5 Å². The molecule has 2 N–H and O–H groups in total. The van der Waals surface area contributed by atoms with E-state index in [0.717, 1.165) is 23.0 Å². The first-order valence-corrected chi connectivity index (χ1v) is 6.36. The van der Waals surface area contributed by atoms with E-state index in [9.17, 15) is 0 Å². The van der Waals surface area contributed by atoms with Crippen molar-refractivity contribution >= 4 is 11.6 Å². The highest BCUT2D eigenvalue weighted by Gasteiger charge is 2.15. The van der Waals surface area contributed by atoms with E-state index in [2.05, 4.69) is 23.8 Å². The van der Waals surface area contributed by atoms with E-state index >= 15 is 0 Å². The fourth-order valence-electron chi connectivity index (χ4n) is 1.88. The van der Waals surface area contributed by atoms with Gasteiger partial charge in [0, 0.05) is 18.5 Å². The molecule has 0 unspecified atom stereocenters. The highest BCUT2D eigenvalue weighted by atomic mass is 16.3. The highest BCUT2D eigenvalue weighted by Crippen LogP contribution is 2.24. The number of nitrogens with two attached hydrogens (primary N) is 1. The molecule has 5 nitrogen and oxygen atoms in total. The summed E-state index contributed by atoms with van der Waals surface area (Å²) in [4.78, 5) is 11.0. The van der Waals surface area contributed by atoms with Crippen molar-refractivity contribution < 1.29 is 4.42 Å². The second-order valence-corrected chi connectivity index (χ2v) is 5.01. The van der Waals surface area contributed by atoms with Gasteiger partial charge in [-0.05, 0) is 19.1 Å². The molecule has 2 heterocycles. The van der Waals surface area contributed by atoms with Gasteiger partial charge < -0.3 is 15.1 Å². The van der Waals surface area contributed by atoms with Crippen molar-refractivity contribution in [3.8, 4) is 0 Å². The lowest BCUT2D eigenvalue weighted by Gasteiger charge is -2.21. The summed E-state index contributed by atoms with van der Waals surface area (Å²) >= 11 is 0. The fourth-order valence-corrected chi connectivity index (χ4v) is 1.88. The molecule has 0 bridgehead atoms. The number of hydrogen-bond acceptors (Lipinski definition) is 5. The Balaban J connectivity index is 2.32. The van der Waals surface area contributed by atoms with Gasteiger partial charge in [-0.25, -0.2) is 9.97 Å². The van der Waals surface area contributed by atoms with E-state index in [1.807, 2.05) is 31.0 Å². The summed E-state index contributed by atoms with van der Waals surface area (Å²) in [6.45, 7) is 6.70. The Morgan fingerprint density at radius 2 is 2.11 bits per heavy atom. The van der Waals surface area contributed by atoms with Crippen molar-refractivity contribution in [2.45, 2.75) is 33.2 Å². The summed E-state index contributed by atoms with van der Waals surface area (Å²) in [7, 11) is 1.97. The second kappa shape index (κ2) is 5.30. The molecule has 0 atom stereocenters. The average Bonchev–Trinajstić information content (AvgIpc) is 2.84. The number of furan rings is 1. The molecule has 0 radical (unpaired) electrons. The van der Waals surface area contributed by atoms with Gasteiger partial charge in [0.25, 0.3) is 0 Å². The predicted octanol–water partition coefficient (Wildman–Crippen LogP) is 2.72. The van der Waals surface area contributed by atoms with Gasteiger partial charge in [0.2, 0.25) is 0 Å². The Bertz CT molecular complexity index is 549. The first kappa shape index (κ1) is 13.4. The number of hydrogen-bond donors (Lipinski definition) is 1. The Morgan fingerprint density at radius 1 is 1.37 bits per heavy atom. The Labute approximate surface area is 113 Å². The molecule has 2 aromatic rings. The van der Waals surface area contributed by atoms with Gasteiger partial charge in [0.15, 0.2) is 0 Å². The van der Waals surface area contributed by atoms with Crippen molar-refractivity contribution in [2.75, 3.05) is 17.7 Å². The Morgan fingerprint density at radius 3 is 2.68 bits per heavy atom. The smallest absolute Gasteiger partial charge is 0.137 e. The minimum Gasteiger partial charge on any atom is -0.467 e. The number of nitrogen functional groups attached to an aromatic ring is 1. The number of anilines is 2. The van der Waals surface area contributed by atoms with Crippen molar-refractivity contribution in [1.82, 2.24) is 9.97 Å². The third-order valence-corrected chi connectivity index (χ3v) is 3.03. The first-order chi connectivity index (χ1) is 8.99. The molecular formula is C14H20N4O. The first-order valence-electron chi connectivity index (χ1n) is 6.36. The summed E-state index contributed by atoms with van der Waals surface area (Å²) < 4.78 is 5.36. The van der Waals surface area contributed by atoms with Gasteiger partial charge in [-0.1, -0.05) is 13.8 Å². The Hall–Kier alpha value is -2.04. The zero-order valence-corrected chi connectivity index (χ0v) is 11.8. The normalized spacial score (nSPS) is 11.0. The minimum absolute atomic E-state index is 0.249. The van der Waals surface area contributed by atoms with E-state index in [0.29, 0.717) is 12.4 Å². The van der Waals surface area contributed by atoms with Gasteiger partial charge in [-0.3, -0.25) is 0 Å². The molecule has 0 saturated carbocycles. The van der Waals surface area contributed by atoms with Crippen LogP contribution >= 0.6 is 0 Å². The summed E-state index contributed by atoms with van der Waals surface area (Å²) in [5.41, 5.74) is 6.87. The fraction of sp³-hybridized carbons (Fsp3) is 0.429. The monoisotopic (exact) mass is 260 g/mol. The van der Waals surface area contributed by atoms with Crippen molar-refractivity contribution in [3.63, 3.8) is 0 Å². The van der Waals surface area contributed by atoms with E-state index in [1.165, 1.54) is 0 Å². The molecule has 0 spiro atoms. The third-order valence-electron chi connectivity index (χ3n) is 3.03. The molecule has 2 rings (SSSR count). The van der Waals surface area contributed by atoms with Gasteiger partial charge in [-0.15, -0.1) is 0 Å². The van der Waals surface area contributed by atoms with E-state index in [1.54, 1.807) is 6.26 Å². The molecule has 102 valence electrons. The maximum absolute atomic E-state index is 5.97. The number of rotatable bonds is 4. The van der Waals surface area contributed by atoms with Crippen LogP contribution in [0.4, 0.5) is 11.6 Å². The lowest BCUT2D eigenvalue weighted by molar-refractivity contribution is 0.506. The molecular weight excluding hydrogens is 240 g/mol. The largest absolute Gasteiger partial charge is 0.467 e. The highest BCUT2D eigenvalue weighted by molar-refractivity contribution is 5.56. The standard InChI is InChI=1S/C14H20N4O/c1-9(2)13-16-12(15)10(3)14(17-13)18(4)8-11-6-5-7-19-11/h5-7,9H,8H2,1-4H3,(H2,15,16,17). The topological polar surface area (TPSA) is 68.2 Å². The molecule has 0 saturated heterocycles. The van der Waals surface area contributed by atoms with E-state index in [4.69, 9.17) is 10.2 Å². The van der Waals surface area contributed by atoms with Crippen LogP contribution in [0.25, 0.3) is 0 Å². The lowest BCUT2D eigenvalue weighted by atomic mass is 10.2. The number of aromatic nitrogens is 2. The van der Waals surface area contributed by atoms with Gasteiger partial charge in [-0.2, -0.15) is 0 Å². The summed E-state index contributed by atoms with van der Waals surface area (Å²) in [5, 5.41) is 0. The SMILES string of the molecule is Cc1c(N)nc(C(C)C)nc1N(C)Cc1ccco1. The zero-order valence-electron chi connectivity index (χ0n) is 11.8. The zero-order chi connectivity index (χ0) is 14.0. The molecule has 0 aliphatic heterocycles. The molecule has 0 amide bonds. The molecule has 19 heavy (non-hydrogen) atoms. The van der Waals surface area contributed by atoms with Crippen LogP contribution in [0.2, 0.25) is 0 Å². The van der Waals surface area contributed by atoms with Crippen LogP contribution in [-0.4, -0.2) is 17.0 Å². The molecule has 5 heteroatoms.